The van der Waals surface area contributed by atoms with Gasteiger partial charge in [-0.25, -0.2) is 0 Å². The number of halogens is 1. The lowest BCUT2D eigenvalue weighted by Gasteiger charge is -2.21. The molecule has 0 saturated carbocycles. The molecule has 144 valence electrons. The molecule has 5 nitrogen and oxygen atoms in total. The molecule has 6 heteroatoms. The first-order chi connectivity index (χ1) is 13.0. The zero-order valence-corrected chi connectivity index (χ0v) is 16.6. The minimum Gasteiger partial charge on any atom is -0.376 e. The number of hydrogen-bond acceptors (Lipinski definition) is 3. The van der Waals surface area contributed by atoms with E-state index in [0.29, 0.717) is 16.3 Å². The summed E-state index contributed by atoms with van der Waals surface area (Å²) in [4.78, 5) is 26.4. The number of carbonyl (C=O) groups excluding carboxylic acids is 2. The molecule has 2 rings (SSSR count). The fraction of sp³-hybridized carbons (Fsp3) is 0.333. The minimum absolute atomic E-state index is 0.0470. The van der Waals surface area contributed by atoms with E-state index in [1.54, 1.807) is 36.4 Å². The Balaban J connectivity index is 1.88. The molecule has 0 bridgehead atoms. The molecule has 27 heavy (non-hydrogen) atoms. The minimum atomic E-state index is -0.158. The van der Waals surface area contributed by atoms with Crippen molar-refractivity contribution in [3.8, 4) is 0 Å². The average Bonchev–Trinajstić information content (AvgIpc) is 2.68. The van der Waals surface area contributed by atoms with Crippen LogP contribution in [0.25, 0.3) is 0 Å². The molecule has 0 saturated heterocycles. The number of nitrogens with zero attached hydrogens (tertiary/aromatic N) is 1. The van der Waals surface area contributed by atoms with Crippen molar-refractivity contribution in [3.63, 3.8) is 0 Å². The summed E-state index contributed by atoms with van der Waals surface area (Å²) in [6.45, 7) is 5.79. The number of benzene rings is 2. The maximum Gasteiger partial charge on any atom is 0.253 e. The van der Waals surface area contributed by atoms with E-state index in [9.17, 15) is 9.59 Å². The van der Waals surface area contributed by atoms with Crippen LogP contribution in [0, 0.1) is 0 Å². The first-order valence-electron chi connectivity index (χ1n) is 9.22. The number of rotatable bonds is 9. The highest BCUT2D eigenvalue weighted by Crippen LogP contribution is 2.14. The lowest BCUT2D eigenvalue weighted by atomic mass is 10.1. The Kier molecular flexibility index (Phi) is 8.14. The standard InChI is InChI=1S/C21H26ClN3O2/c1-3-13-25(14-4-2)21(27)16-5-9-18(10-6-16)23-15-20(26)24-19-11-7-17(22)8-12-19/h5-12,23H,3-4,13-15H2,1-2H3,(H,24,26). The van der Waals surface area contributed by atoms with Crippen LogP contribution in [0.2, 0.25) is 5.02 Å². The third-order valence-corrected chi connectivity index (χ3v) is 4.24. The second-order valence-electron chi connectivity index (χ2n) is 6.28. The van der Waals surface area contributed by atoms with Crippen molar-refractivity contribution >= 4 is 34.8 Å². The Morgan fingerprint density at radius 3 is 2.00 bits per heavy atom. The van der Waals surface area contributed by atoms with Crippen LogP contribution in [-0.4, -0.2) is 36.3 Å². The van der Waals surface area contributed by atoms with E-state index in [0.717, 1.165) is 31.6 Å². The van der Waals surface area contributed by atoms with E-state index in [2.05, 4.69) is 24.5 Å². The van der Waals surface area contributed by atoms with Gasteiger partial charge in [0.05, 0.1) is 6.54 Å². The Bertz CT molecular complexity index is 739. The summed E-state index contributed by atoms with van der Waals surface area (Å²) in [5.74, 6) is -0.111. The van der Waals surface area contributed by atoms with Crippen LogP contribution in [0.4, 0.5) is 11.4 Å². The molecule has 0 atom stereocenters. The molecule has 0 aliphatic rings. The fourth-order valence-corrected chi connectivity index (χ4v) is 2.81. The largest absolute Gasteiger partial charge is 0.376 e. The Morgan fingerprint density at radius 1 is 0.889 bits per heavy atom. The van der Waals surface area contributed by atoms with Gasteiger partial charge < -0.3 is 15.5 Å². The van der Waals surface area contributed by atoms with Crippen LogP contribution in [0.1, 0.15) is 37.0 Å². The third kappa shape index (κ3) is 6.61. The summed E-state index contributed by atoms with van der Waals surface area (Å²) < 4.78 is 0. The molecule has 0 spiro atoms. The van der Waals surface area contributed by atoms with Crippen molar-refractivity contribution in [2.24, 2.45) is 0 Å². The van der Waals surface area contributed by atoms with E-state index in [4.69, 9.17) is 11.6 Å². The lowest BCUT2D eigenvalue weighted by Crippen LogP contribution is -2.32. The van der Waals surface area contributed by atoms with Gasteiger partial charge in [-0.2, -0.15) is 0 Å². The van der Waals surface area contributed by atoms with Crippen molar-refractivity contribution in [2.75, 3.05) is 30.3 Å². The maximum absolute atomic E-state index is 12.6. The lowest BCUT2D eigenvalue weighted by molar-refractivity contribution is -0.114. The molecular formula is C21H26ClN3O2. The van der Waals surface area contributed by atoms with Crippen molar-refractivity contribution in [1.82, 2.24) is 4.90 Å². The monoisotopic (exact) mass is 387 g/mol. The van der Waals surface area contributed by atoms with Crippen LogP contribution in [0.5, 0.6) is 0 Å². The van der Waals surface area contributed by atoms with Crippen LogP contribution in [0.3, 0.4) is 0 Å². The molecule has 0 radical (unpaired) electrons. The SMILES string of the molecule is CCCN(CCC)C(=O)c1ccc(NCC(=O)Nc2ccc(Cl)cc2)cc1. The maximum atomic E-state index is 12.6. The molecule has 0 aliphatic heterocycles. The first kappa shape index (κ1) is 20.8. The van der Waals surface area contributed by atoms with Crippen LogP contribution in [0.15, 0.2) is 48.5 Å². The van der Waals surface area contributed by atoms with E-state index >= 15 is 0 Å². The number of nitrogens with one attached hydrogen (secondary N) is 2. The Labute approximate surface area is 165 Å². The van der Waals surface area contributed by atoms with Crippen molar-refractivity contribution in [3.05, 3.63) is 59.1 Å². The fourth-order valence-electron chi connectivity index (χ4n) is 2.69. The van der Waals surface area contributed by atoms with E-state index in [1.807, 2.05) is 17.0 Å². The Hall–Kier alpha value is -2.53. The highest BCUT2D eigenvalue weighted by molar-refractivity contribution is 6.30. The van der Waals surface area contributed by atoms with Gasteiger partial charge in [0.1, 0.15) is 0 Å². The highest BCUT2D eigenvalue weighted by Gasteiger charge is 2.14. The van der Waals surface area contributed by atoms with E-state index in [1.165, 1.54) is 0 Å². The topological polar surface area (TPSA) is 61.4 Å². The predicted molar refractivity (Wildman–Crippen MR) is 111 cm³/mol. The second-order valence-corrected chi connectivity index (χ2v) is 6.71. The average molecular weight is 388 g/mol. The molecule has 2 aromatic rings. The Morgan fingerprint density at radius 2 is 1.44 bits per heavy atom. The van der Waals surface area contributed by atoms with Gasteiger partial charge in [-0.1, -0.05) is 25.4 Å². The zero-order valence-electron chi connectivity index (χ0n) is 15.8. The smallest absolute Gasteiger partial charge is 0.253 e. The van der Waals surface area contributed by atoms with Crippen molar-refractivity contribution in [1.29, 1.82) is 0 Å². The van der Waals surface area contributed by atoms with Gasteiger partial charge >= 0.3 is 0 Å². The predicted octanol–water partition coefficient (Wildman–Crippen LogP) is 4.65. The van der Waals surface area contributed by atoms with Gasteiger partial charge in [0.2, 0.25) is 5.91 Å². The van der Waals surface area contributed by atoms with E-state index < -0.39 is 0 Å². The quantitative estimate of drug-likeness (QED) is 0.658. The van der Waals surface area contributed by atoms with Gasteiger partial charge in [0.15, 0.2) is 0 Å². The number of carbonyl (C=O) groups is 2. The summed E-state index contributed by atoms with van der Waals surface area (Å²) in [6.07, 6.45) is 1.88. The summed E-state index contributed by atoms with van der Waals surface area (Å²) >= 11 is 5.83. The molecular weight excluding hydrogens is 362 g/mol. The van der Waals surface area contributed by atoms with Crippen LogP contribution >= 0.6 is 11.6 Å². The summed E-state index contributed by atoms with van der Waals surface area (Å²) in [5, 5.41) is 6.47. The van der Waals surface area contributed by atoms with Gasteiger partial charge in [0, 0.05) is 35.1 Å². The number of anilines is 2. The molecule has 0 aliphatic carbocycles. The van der Waals surface area contributed by atoms with Gasteiger partial charge in [-0.05, 0) is 61.4 Å². The third-order valence-electron chi connectivity index (χ3n) is 3.99. The van der Waals surface area contributed by atoms with Gasteiger partial charge in [0.25, 0.3) is 5.91 Å². The van der Waals surface area contributed by atoms with Crippen LogP contribution < -0.4 is 10.6 Å². The molecule has 0 heterocycles. The number of amides is 2. The zero-order chi connectivity index (χ0) is 19.6. The van der Waals surface area contributed by atoms with Crippen molar-refractivity contribution < 1.29 is 9.59 Å². The number of hydrogen-bond donors (Lipinski definition) is 2. The molecule has 2 aromatic carbocycles. The van der Waals surface area contributed by atoms with Crippen LogP contribution in [-0.2, 0) is 4.79 Å². The molecule has 2 amide bonds. The van der Waals surface area contributed by atoms with Gasteiger partial charge in [-0.15, -0.1) is 0 Å². The molecule has 2 N–H and O–H groups in total. The summed E-state index contributed by atoms with van der Waals surface area (Å²) in [5.41, 5.74) is 2.14. The van der Waals surface area contributed by atoms with E-state index in [-0.39, 0.29) is 18.4 Å². The highest BCUT2D eigenvalue weighted by atomic mass is 35.5. The molecule has 0 fully saturated rings. The summed E-state index contributed by atoms with van der Waals surface area (Å²) in [6, 6.07) is 14.2. The van der Waals surface area contributed by atoms with Crippen molar-refractivity contribution in [2.45, 2.75) is 26.7 Å². The van der Waals surface area contributed by atoms with Gasteiger partial charge in [-0.3, -0.25) is 9.59 Å². The second kappa shape index (κ2) is 10.6. The summed E-state index contributed by atoms with van der Waals surface area (Å²) in [7, 11) is 0. The molecule has 0 unspecified atom stereocenters. The first-order valence-corrected chi connectivity index (χ1v) is 9.60. The normalized spacial score (nSPS) is 10.3. The molecule has 0 aromatic heterocycles.